The molecule has 0 amide bonds. The van der Waals surface area contributed by atoms with Crippen molar-refractivity contribution in [2.45, 2.75) is 31.6 Å². The number of fused-ring (bicyclic) bond motifs is 3. The molecule has 0 unspecified atom stereocenters. The summed E-state index contributed by atoms with van der Waals surface area (Å²) in [4.78, 5) is 0. The zero-order chi connectivity index (χ0) is 11.2. The van der Waals surface area contributed by atoms with Gasteiger partial charge in [-0.05, 0) is 66.9 Å². The Morgan fingerprint density at radius 3 is 3.19 bits per heavy atom. The molecule has 1 aliphatic carbocycles. The lowest BCUT2D eigenvalue weighted by Gasteiger charge is -2.46. The predicted molar refractivity (Wildman–Crippen MR) is 64.8 cm³/mol. The lowest BCUT2D eigenvalue weighted by molar-refractivity contribution is 0.193. The van der Waals surface area contributed by atoms with Crippen LogP contribution < -0.4 is 5.32 Å². The Labute approximate surface area is 96.7 Å². The Bertz CT molecular complexity index is 415. The molecule has 0 spiro atoms. The van der Waals surface area contributed by atoms with Gasteiger partial charge in [-0.3, -0.25) is 0 Å². The largest absolute Gasteiger partial charge is 0.508 e. The second-order valence-corrected chi connectivity index (χ2v) is 5.45. The minimum absolute atomic E-state index is 0.275. The molecular formula is C14H19NO. The van der Waals surface area contributed by atoms with Gasteiger partial charge in [0, 0.05) is 0 Å². The molecule has 2 atom stereocenters. The average Bonchev–Trinajstić information content (AvgIpc) is 2.29. The fourth-order valence-corrected chi connectivity index (χ4v) is 3.47. The molecule has 2 N–H and O–H groups in total. The molecule has 3 rings (SSSR count). The van der Waals surface area contributed by atoms with Crippen LogP contribution in [0.3, 0.4) is 0 Å². The zero-order valence-electron chi connectivity index (χ0n) is 9.79. The summed E-state index contributed by atoms with van der Waals surface area (Å²) >= 11 is 0. The van der Waals surface area contributed by atoms with Gasteiger partial charge in [0.05, 0.1) is 0 Å². The summed E-state index contributed by atoms with van der Waals surface area (Å²) in [6.07, 6.45) is 3.63. The monoisotopic (exact) mass is 217 g/mol. The van der Waals surface area contributed by atoms with Crippen molar-refractivity contribution < 1.29 is 5.11 Å². The average molecular weight is 217 g/mol. The van der Waals surface area contributed by atoms with Crippen molar-refractivity contribution in [1.82, 2.24) is 5.32 Å². The maximum atomic E-state index is 9.68. The molecule has 1 fully saturated rings. The molecule has 0 aromatic heterocycles. The van der Waals surface area contributed by atoms with Gasteiger partial charge in [-0.15, -0.1) is 0 Å². The Morgan fingerprint density at radius 1 is 1.44 bits per heavy atom. The lowest BCUT2D eigenvalue weighted by Crippen LogP contribution is -2.48. The van der Waals surface area contributed by atoms with E-state index in [4.69, 9.17) is 0 Å². The molecule has 0 bridgehead atoms. The van der Waals surface area contributed by atoms with E-state index in [2.05, 4.69) is 18.3 Å². The van der Waals surface area contributed by atoms with Gasteiger partial charge in [-0.25, -0.2) is 0 Å². The predicted octanol–water partition coefficient (Wildman–Crippen LogP) is 2.21. The first kappa shape index (κ1) is 10.2. The molecule has 1 aromatic rings. The molecule has 1 aliphatic heterocycles. The number of benzene rings is 1. The highest BCUT2D eigenvalue weighted by Crippen LogP contribution is 2.45. The van der Waals surface area contributed by atoms with Crippen LogP contribution in [0, 0.1) is 5.92 Å². The number of aryl methyl sites for hydroxylation is 1. The molecule has 1 aromatic carbocycles. The first-order valence-corrected chi connectivity index (χ1v) is 6.23. The summed E-state index contributed by atoms with van der Waals surface area (Å²) < 4.78 is 0. The summed E-state index contributed by atoms with van der Waals surface area (Å²) in [5, 5.41) is 13.2. The summed E-state index contributed by atoms with van der Waals surface area (Å²) in [5.41, 5.74) is 3.11. The number of hydrogen-bond acceptors (Lipinski definition) is 2. The third kappa shape index (κ3) is 1.36. The van der Waals surface area contributed by atoms with Crippen molar-refractivity contribution in [2.75, 3.05) is 13.1 Å². The van der Waals surface area contributed by atoms with Gasteiger partial charge >= 0.3 is 0 Å². The van der Waals surface area contributed by atoms with Crippen molar-refractivity contribution in [3.63, 3.8) is 0 Å². The number of rotatable bonds is 0. The molecule has 0 saturated carbocycles. The van der Waals surface area contributed by atoms with E-state index in [1.54, 1.807) is 0 Å². The van der Waals surface area contributed by atoms with Crippen LogP contribution in [0.15, 0.2) is 18.2 Å². The van der Waals surface area contributed by atoms with E-state index in [0.717, 1.165) is 25.4 Å². The van der Waals surface area contributed by atoms with Crippen LogP contribution in [0.2, 0.25) is 0 Å². The quantitative estimate of drug-likeness (QED) is 0.698. The van der Waals surface area contributed by atoms with Gasteiger partial charge in [-0.2, -0.15) is 0 Å². The molecule has 1 heterocycles. The fourth-order valence-electron chi connectivity index (χ4n) is 3.47. The first-order chi connectivity index (χ1) is 7.70. The molecular weight excluding hydrogens is 198 g/mol. The number of phenolic OH excluding ortho intramolecular Hbond substituents is 1. The second kappa shape index (κ2) is 3.49. The van der Waals surface area contributed by atoms with Gasteiger partial charge in [0.1, 0.15) is 5.75 Å². The highest BCUT2D eigenvalue weighted by Gasteiger charge is 2.41. The standard InChI is InChI=1S/C14H19NO/c1-14-6-7-15-9-11(14)4-2-10-3-5-12(16)8-13(10)14/h3,5,8,11,15-16H,2,4,6-7,9H2,1H3/t11-,14+/m0/s1. The van der Waals surface area contributed by atoms with Crippen molar-refractivity contribution >= 4 is 0 Å². The maximum absolute atomic E-state index is 9.68. The minimum Gasteiger partial charge on any atom is -0.508 e. The van der Waals surface area contributed by atoms with Crippen LogP contribution in [0.5, 0.6) is 5.75 Å². The Morgan fingerprint density at radius 2 is 2.31 bits per heavy atom. The highest BCUT2D eigenvalue weighted by molar-refractivity contribution is 5.42. The number of aromatic hydroxyl groups is 1. The number of hydrogen-bond donors (Lipinski definition) is 2. The van der Waals surface area contributed by atoms with Crippen molar-refractivity contribution in [2.24, 2.45) is 5.92 Å². The lowest BCUT2D eigenvalue weighted by atomic mass is 9.61. The van der Waals surface area contributed by atoms with E-state index >= 15 is 0 Å². The Balaban J connectivity index is 2.11. The van der Waals surface area contributed by atoms with Crippen LogP contribution in [-0.4, -0.2) is 18.2 Å². The number of nitrogens with one attached hydrogen (secondary N) is 1. The van der Waals surface area contributed by atoms with Gasteiger partial charge in [0.15, 0.2) is 0 Å². The van der Waals surface area contributed by atoms with E-state index < -0.39 is 0 Å². The van der Waals surface area contributed by atoms with Gasteiger partial charge in [-0.1, -0.05) is 13.0 Å². The fraction of sp³-hybridized carbons (Fsp3) is 0.571. The smallest absolute Gasteiger partial charge is 0.115 e. The van der Waals surface area contributed by atoms with Crippen LogP contribution in [0.25, 0.3) is 0 Å². The van der Waals surface area contributed by atoms with Crippen molar-refractivity contribution in [3.8, 4) is 5.75 Å². The molecule has 16 heavy (non-hydrogen) atoms. The molecule has 0 radical (unpaired) electrons. The third-order valence-electron chi connectivity index (χ3n) is 4.58. The van der Waals surface area contributed by atoms with Crippen LogP contribution in [0.1, 0.15) is 30.9 Å². The maximum Gasteiger partial charge on any atom is 0.115 e. The summed E-state index contributed by atoms with van der Waals surface area (Å²) in [7, 11) is 0. The van der Waals surface area contributed by atoms with Gasteiger partial charge in [0.2, 0.25) is 0 Å². The van der Waals surface area contributed by atoms with Crippen molar-refractivity contribution in [1.29, 1.82) is 0 Å². The van der Waals surface area contributed by atoms with Gasteiger partial charge in [0.25, 0.3) is 0 Å². The molecule has 1 saturated heterocycles. The number of piperidine rings is 1. The third-order valence-corrected chi connectivity index (χ3v) is 4.58. The van der Waals surface area contributed by atoms with E-state index in [1.807, 2.05) is 12.1 Å². The Kier molecular flexibility index (Phi) is 2.21. The van der Waals surface area contributed by atoms with E-state index in [-0.39, 0.29) is 5.41 Å². The number of phenols is 1. The summed E-state index contributed by atoms with van der Waals surface area (Å²) in [5.74, 6) is 1.15. The molecule has 2 aliphatic rings. The van der Waals surface area contributed by atoms with E-state index in [9.17, 15) is 5.11 Å². The molecule has 2 heteroatoms. The van der Waals surface area contributed by atoms with E-state index in [0.29, 0.717) is 5.75 Å². The summed E-state index contributed by atoms with van der Waals surface area (Å²) in [6, 6.07) is 5.92. The van der Waals surface area contributed by atoms with Crippen LogP contribution in [-0.2, 0) is 11.8 Å². The molecule has 2 nitrogen and oxygen atoms in total. The normalized spacial score (nSPS) is 32.9. The first-order valence-electron chi connectivity index (χ1n) is 6.23. The van der Waals surface area contributed by atoms with Crippen molar-refractivity contribution in [3.05, 3.63) is 29.3 Å². The van der Waals surface area contributed by atoms with E-state index in [1.165, 1.54) is 24.0 Å². The highest BCUT2D eigenvalue weighted by atomic mass is 16.3. The topological polar surface area (TPSA) is 32.3 Å². The van der Waals surface area contributed by atoms with Crippen LogP contribution in [0.4, 0.5) is 0 Å². The zero-order valence-corrected chi connectivity index (χ0v) is 9.79. The Hall–Kier alpha value is -1.02. The molecule has 86 valence electrons. The van der Waals surface area contributed by atoms with Gasteiger partial charge < -0.3 is 10.4 Å². The second-order valence-electron chi connectivity index (χ2n) is 5.45. The summed E-state index contributed by atoms with van der Waals surface area (Å²) in [6.45, 7) is 4.60. The SMILES string of the molecule is C[C@@]12CCNC[C@@H]1CCc1ccc(O)cc12. The minimum atomic E-state index is 0.275. The van der Waals surface area contributed by atoms with Crippen LogP contribution >= 0.6 is 0 Å².